The fourth-order valence-corrected chi connectivity index (χ4v) is 2.61. The molecule has 1 heterocycles. The van der Waals surface area contributed by atoms with Crippen molar-refractivity contribution < 1.29 is 15.0 Å². The van der Waals surface area contributed by atoms with Gasteiger partial charge in [-0.25, -0.2) is 4.79 Å². The highest BCUT2D eigenvalue weighted by molar-refractivity contribution is 6.31. The van der Waals surface area contributed by atoms with Gasteiger partial charge in [0.2, 0.25) is 0 Å². The van der Waals surface area contributed by atoms with E-state index in [4.69, 9.17) is 16.7 Å². The molecule has 1 atom stereocenters. The molecule has 1 aromatic carbocycles. The molecule has 1 aliphatic heterocycles. The molecule has 104 valence electrons. The number of benzene rings is 1. The van der Waals surface area contributed by atoms with E-state index >= 15 is 0 Å². The Labute approximate surface area is 117 Å². The van der Waals surface area contributed by atoms with E-state index in [1.165, 1.54) is 19.3 Å². The molecule has 0 aliphatic carbocycles. The Balaban J connectivity index is 2.08. The van der Waals surface area contributed by atoms with E-state index in [-0.39, 0.29) is 0 Å². The summed E-state index contributed by atoms with van der Waals surface area (Å²) in [5.41, 5.74) is 1.30. The molecular weight excluding hydrogens is 266 g/mol. The number of rotatable bonds is 4. The summed E-state index contributed by atoms with van der Waals surface area (Å²) in [7, 11) is 0. The number of hydrogen-bond acceptors (Lipinski definition) is 3. The standard InChI is InChI=1S/C14H18ClNO3/c15-12-8-10(13(17)14(18)19)4-5-11(12)9-16-6-2-1-3-7-16/h4-5,8,13,17H,1-3,6-7,9H2,(H,18,19). The van der Waals surface area contributed by atoms with Crippen molar-refractivity contribution in [1.82, 2.24) is 4.90 Å². The molecule has 0 saturated carbocycles. The van der Waals surface area contributed by atoms with Crippen LogP contribution >= 0.6 is 11.6 Å². The smallest absolute Gasteiger partial charge is 0.337 e. The molecule has 0 radical (unpaired) electrons. The van der Waals surface area contributed by atoms with Crippen LogP contribution in [0.25, 0.3) is 0 Å². The van der Waals surface area contributed by atoms with Gasteiger partial charge in [-0.05, 0) is 43.1 Å². The quantitative estimate of drug-likeness (QED) is 0.891. The number of piperidine rings is 1. The van der Waals surface area contributed by atoms with Gasteiger partial charge in [0, 0.05) is 11.6 Å². The van der Waals surface area contributed by atoms with Gasteiger partial charge in [-0.2, -0.15) is 0 Å². The zero-order valence-corrected chi connectivity index (χ0v) is 11.4. The first kappa shape index (κ1) is 14.3. The van der Waals surface area contributed by atoms with E-state index in [1.807, 2.05) is 0 Å². The summed E-state index contributed by atoms with van der Waals surface area (Å²) in [6.45, 7) is 2.94. The summed E-state index contributed by atoms with van der Waals surface area (Å²) < 4.78 is 0. The minimum atomic E-state index is -1.51. The molecule has 0 spiro atoms. The van der Waals surface area contributed by atoms with Crippen molar-refractivity contribution in [2.24, 2.45) is 0 Å². The fourth-order valence-electron chi connectivity index (χ4n) is 2.36. The first-order valence-corrected chi connectivity index (χ1v) is 6.87. The number of carbonyl (C=O) groups is 1. The van der Waals surface area contributed by atoms with Crippen LogP contribution in [0, 0.1) is 0 Å². The first-order chi connectivity index (χ1) is 9.08. The van der Waals surface area contributed by atoms with E-state index in [0.717, 1.165) is 25.2 Å². The summed E-state index contributed by atoms with van der Waals surface area (Å²) in [6.07, 6.45) is 2.20. The second kappa shape index (κ2) is 6.37. The number of aliphatic carboxylic acids is 1. The molecule has 1 unspecified atom stereocenters. The maximum Gasteiger partial charge on any atom is 0.337 e. The van der Waals surface area contributed by atoms with E-state index in [0.29, 0.717) is 10.6 Å². The van der Waals surface area contributed by atoms with Crippen molar-refractivity contribution in [3.63, 3.8) is 0 Å². The van der Waals surface area contributed by atoms with E-state index in [9.17, 15) is 9.90 Å². The topological polar surface area (TPSA) is 60.8 Å². The predicted molar refractivity (Wildman–Crippen MR) is 73.2 cm³/mol. The van der Waals surface area contributed by atoms with Crippen LogP contribution in [0.5, 0.6) is 0 Å². The molecular formula is C14H18ClNO3. The highest BCUT2D eigenvalue weighted by Gasteiger charge is 2.18. The molecule has 0 amide bonds. The third-order valence-corrected chi connectivity index (χ3v) is 3.82. The van der Waals surface area contributed by atoms with Crippen molar-refractivity contribution in [3.05, 3.63) is 34.3 Å². The number of carboxylic acids is 1. The Bertz CT molecular complexity index is 458. The number of aliphatic hydroxyl groups is 1. The molecule has 1 aliphatic rings. The number of nitrogens with zero attached hydrogens (tertiary/aromatic N) is 1. The molecule has 4 nitrogen and oxygen atoms in total. The Morgan fingerprint density at radius 2 is 2.00 bits per heavy atom. The van der Waals surface area contributed by atoms with Crippen LogP contribution < -0.4 is 0 Å². The van der Waals surface area contributed by atoms with Crippen molar-refractivity contribution >= 4 is 17.6 Å². The average Bonchev–Trinajstić information content (AvgIpc) is 2.41. The summed E-state index contributed by atoms with van der Waals surface area (Å²) in [6, 6.07) is 4.97. The van der Waals surface area contributed by atoms with Crippen LogP contribution in [-0.2, 0) is 11.3 Å². The number of halogens is 1. The van der Waals surface area contributed by atoms with Gasteiger partial charge in [0.05, 0.1) is 0 Å². The zero-order valence-electron chi connectivity index (χ0n) is 10.7. The third-order valence-electron chi connectivity index (χ3n) is 3.47. The Morgan fingerprint density at radius 3 is 2.58 bits per heavy atom. The highest BCUT2D eigenvalue weighted by Crippen LogP contribution is 2.24. The molecule has 19 heavy (non-hydrogen) atoms. The average molecular weight is 284 g/mol. The Kier molecular flexibility index (Phi) is 4.80. The monoisotopic (exact) mass is 283 g/mol. The van der Waals surface area contributed by atoms with Gasteiger partial charge in [-0.3, -0.25) is 4.90 Å². The first-order valence-electron chi connectivity index (χ1n) is 6.49. The second-order valence-electron chi connectivity index (χ2n) is 4.93. The van der Waals surface area contributed by atoms with E-state index in [1.54, 1.807) is 18.2 Å². The molecule has 1 saturated heterocycles. The van der Waals surface area contributed by atoms with Gasteiger partial charge in [0.15, 0.2) is 6.10 Å². The lowest BCUT2D eigenvalue weighted by Crippen LogP contribution is -2.29. The Morgan fingerprint density at radius 1 is 1.32 bits per heavy atom. The lowest BCUT2D eigenvalue weighted by atomic mass is 10.1. The van der Waals surface area contributed by atoms with Crippen LogP contribution in [-0.4, -0.2) is 34.2 Å². The number of aliphatic hydroxyl groups excluding tert-OH is 1. The van der Waals surface area contributed by atoms with E-state index in [2.05, 4.69) is 4.90 Å². The van der Waals surface area contributed by atoms with Crippen LogP contribution in [0.2, 0.25) is 5.02 Å². The number of hydrogen-bond donors (Lipinski definition) is 2. The van der Waals surface area contributed by atoms with Crippen LogP contribution in [0.4, 0.5) is 0 Å². The SMILES string of the molecule is O=C(O)C(O)c1ccc(CN2CCCCC2)c(Cl)c1. The number of carboxylic acid groups (broad SMARTS) is 1. The molecule has 1 aromatic rings. The minimum absolute atomic E-state index is 0.319. The van der Waals surface area contributed by atoms with Gasteiger partial charge in [0.25, 0.3) is 0 Å². The maximum absolute atomic E-state index is 10.7. The van der Waals surface area contributed by atoms with Crippen molar-refractivity contribution in [3.8, 4) is 0 Å². The van der Waals surface area contributed by atoms with Gasteiger partial charge in [-0.15, -0.1) is 0 Å². The summed E-state index contributed by atoms with van der Waals surface area (Å²) in [4.78, 5) is 13.1. The summed E-state index contributed by atoms with van der Waals surface area (Å²) in [5.74, 6) is -1.26. The summed E-state index contributed by atoms with van der Waals surface area (Å²) in [5, 5.41) is 18.7. The highest BCUT2D eigenvalue weighted by atomic mass is 35.5. The minimum Gasteiger partial charge on any atom is -0.479 e. The molecule has 2 N–H and O–H groups in total. The maximum atomic E-state index is 10.7. The van der Waals surface area contributed by atoms with Gasteiger partial charge >= 0.3 is 5.97 Å². The predicted octanol–water partition coefficient (Wildman–Crippen LogP) is 2.44. The van der Waals surface area contributed by atoms with Crippen LogP contribution in [0.3, 0.4) is 0 Å². The molecule has 1 fully saturated rings. The normalized spacial score (nSPS) is 18.2. The van der Waals surface area contributed by atoms with Crippen molar-refractivity contribution in [2.75, 3.05) is 13.1 Å². The van der Waals surface area contributed by atoms with Crippen molar-refractivity contribution in [2.45, 2.75) is 31.9 Å². The van der Waals surface area contributed by atoms with Crippen LogP contribution in [0.15, 0.2) is 18.2 Å². The van der Waals surface area contributed by atoms with Crippen LogP contribution in [0.1, 0.15) is 36.5 Å². The molecule has 5 heteroatoms. The largest absolute Gasteiger partial charge is 0.479 e. The van der Waals surface area contributed by atoms with E-state index < -0.39 is 12.1 Å². The second-order valence-corrected chi connectivity index (χ2v) is 5.34. The lowest BCUT2D eigenvalue weighted by Gasteiger charge is -2.26. The zero-order chi connectivity index (χ0) is 13.8. The lowest BCUT2D eigenvalue weighted by molar-refractivity contribution is -0.146. The summed E-state index contributed by atoms with van der Waals surface area (Å²) >= 11 is 6.17. The van der Waals surface area contributed by atoms with Gasteiger partial charge in [0.1, 0.15) is 0 Å². The fraction of sp³-hybridized carbons (Fsp3) is 0.500. The molecule has 0 aromatic heterocycles. The van der Waals surface area contributed by atoms with Crippen molar-refractivity contribution in [1.29, 1.82) is 0 Å². The van der Waals surface area contributed by atoms with Gasteiger partial charge < -0.3 is 10.2 Å². The molecule has 2 rings (SSSR count). The Hall–Kier alpha value is -1.10. The number of likely N-dealkylation sites (tertiary alicyclic amines) is 1. The molecule has 0 bridgehead atoms. The van der Waals surface area contributed by atoms with Gasteiger partial charge in [-0.1, -0.05) is 30.2 Å². The third kappa shape index (κ3) is 3.69.